The van der Waals surface area contributed by atoms with Crippen LogP contribution in [0.3, 0.4) is 0 Å². The molecule has 1 saturated carbocycles. The zero-order chi connectivity index (χ0) is 37.6. The van der Waals surface area contributed by atoms with E-state index in [2.05, 4.69) is 10.4 Å². The van der Waals surface area contributed by atoms with E-state index in [1.54, 1.807) is 36.4 Å². The maximum absolute atomic E-state index is 15.3. The number of phenolic OH excluding ortho intramolecular Hbond substituents is 1. The van der Waals surface area contributed by atoms with E-state index in [-0.39, 0.29) is 24.1 Å². The first-order valence-electron chi connectivity index (χ1n) is 16.1. The molecule has 2 aromatic heterocycles. The summed E-state index contributed by atoms with van der Waals surface area (Å²) in [6.07, 6.45) is -2.85. The van der Waals surface area contributed by atoms with Gasteiger partial charge in [-0.1, -0.05) is 65.7 Å². The third kappa shape index (κ3) is 5.12. The van der Waals surface area contributed by atoms with Gasteiger partial charge in [0.25, 0.3) is 11.8 Å². The van der Waals surface area contributed by atoms with Gasteiger partial charge in [0.1, 0.15) is 0 Å². The van der Waals surface area contributed by atoms with E-state index in [0.717, 1.165) is 16.7 Å². The summed E-state index contributed by atoms with van der Waals surface area (Å²) in [4.78, 5) is 61.5. The van der Waals surface area contributed by atoms with E-state index in [1.807, 2.05) is 0 Å². The van der Waals surface area contributed by atoms with Crippen molar-refractivity contribution in [3.63, 3.8) is 0 Å². The van der Waals surface area contributed by atoms with E-state index < -0.39 is 80.6 Å². The second kappa shape index (κ2) is 12.2. The van der Waals surface area contributed by atoms with Gasteiger partial charge in [-0.05, 0) is 65.6 Å². The Labute approximate surface area is 305 Å². The summed E-state index contributed by atoms with van der Waals surface area (Å²) < 4.78 is 58.9. The lowest BCUT2D eigenvalue weighted by molar-refractivity contribution is -0.139. The van der Waals surface area contributed by atoms with Crippen LogP contribution in [-0.2, 0) is 27.7 Å². The number of para-hydroxylation sites is 1. The third-order valence-corrected chi connectivity index (χ3v) is 10.7. The SMILES string of the molecule is O=C1C2CC3C(=CCn4c(=O)n(-c5ccccc5)c(=O)n43)C(c3ccc(O)c(F)c3)C2(c2ccc(Cl)cc2)C(=O)N1Nc1ncc(C(F)(F)F)cc1Cl. The number of pyridine rings is 1. The zero-order valence-electron chi connectivity index (χ0n) is 26.9. The summed E-state index contributed by atoms with van der Waals surface area (Å²) in [7, 11) is 0. The van der Waals surface area contributed by atoms with E-state index >= 15 is 9.18 Å². The Morgan fingerprint density at radius 3 is 2.30 bits per heavy atom. The van der Waals surface area contributed by atoms with Crippen molar-refractivity contribution >= 4 is 40.8 Å². The fourth-order valence-electron chi connectivity index (χ4n) is 7.92. The van der Waals surface area contributed by atoms with Crippen LogP contribution in [0.5, 0.6) is 5.75 Å². The molecular formula is C36H24Cl2F4N6O5. The molecule has 2 amide bonds. The van der Waals surface area contributed by atoms with Crippen LogP contribution in [0.2, 0.25) is 10.0 Å². The monoisotopic (exact) mass is 766 g/mol. The zero-order valence-corrected chi connectivity index (χ0v) is 28.4. The minimum atomic E-state index is -4.78. The van der Waals surface area contributed by atoms with Gasteiger partial charge in [-0.3, -0.25) is 15.0 Å². The van der Waals surface area contributed by atoms with Crippen LogP contribution in [0.25, 0.3) is 5.69 Å². The first-order chi connectivity index (χ1) is 25.2. The number of allylic oxidation sites excluding steroid dienone is 2. The number of benzene rings is 3. The molecule has 4 unspecified atom stereocenters. The largest absolute Gasteiger partial charge is 0.505 e. The van der Waals surface area contributed by atoms with Crippen molar-refractivity contribution in [2.24, 2.45) is 5.92 Å². The molecule has 4 heterocycles. The number of carbonyl (C=O) groups excluding carboxylic acids is 2. The Kier molecular flexibility index (Phi) is 7.92. The highest BCUT2D eigenvalue weighted by atomic mass is 35.5. The van der Waals surface area contributed by atoms with Crippen molar-refractivity contribution in [3.05, 3.63) is 150 Å². The lowest BCUT2D eigenvalue weighted by Gasteiger charge is -2.49. The molecule has 1 aliphatic carbocycles. The third-order valence-electron chi connectivity index (χ3n) is 10.1. The number of carbonyl (C=O) groups is 2. The number of fused-ring (bicyclic) bond motifs is 4. The van der Waals surface area contributed by atoms with Crippen molar-refractivity contribution in [2.75, 3.05) is 5.43 Å². The van der Waals surface area contributed by atoms with Gasteiger partial charge >= 0.3 is 17.6 Å². The molecule has 270 valence electrons. The van der Waals surface area contributed by atoms with Crippen molar-refractivity contribution in [2.45, 2.75) is 36.5 Å². The number of halogens is 6. The van der Waals surface area contributed by atoms with Crippen LogP contribution in [-0.4, -0.2) is 40.8 Å². The Balaban J connectivity index is 1.36. The minimum Gasteiger partial charge on any atom is -0.505 e. The normalized spacial score (nSPS) is 22.3. The van der Waals surface area contributed by atoms with Crippen LogP contribution >= 0.6 is 23.2 Å². The summed E-state index contributed by atoms with van der Waals surface area (Å²) in [6, 6.07) is 17.4. The number of aromatic nitrogens is 4. The highest BCUT2D eigenvalue weighted by Gasteiger charge is 2.69. The molecule has 0 bridgehead atoms. The molecule has 2 N–H and O–H groups in total. The Bertz CT molecular complexity index is 2500. The van der Waals surface area contributed by atoms with Crippen LogP contribution in [0.15, 0.2) is 106 Å². The molecule has 11 nitrogen and oxygen atoms in total. The first kappa shape index (κ1) is 34.4. The van der Waals surface area contributed by atoms with Gasteiger partial charge in [0.2, 0.25) is 0 Å². The highest BCUT2D eigenvalue weighted by Crippen LogP contribution is 2.62. The summed E-state index contributed by atoms with van der Waals surface area (Å²) >= 11 is 12.5. The molecule has 0 spiro atoms. The number of nitrogens with one attached hydrogen (secondary N) is 1. The Morgan fingerprint density at radius 1 is 0.925 bits per heavy atom. The Hall–Kier alpha value is -5.67. The van der Waals surface area contributed by atoms with Crippen LogP contribution < -0.4 is 16.8 Å². The molecule has 53 heavy (non-hydrogen) atoms. The van der Waals surface area contributed by atoms with Gasteiger partial charge < -0.3 is 5.11 Å². The number of aromatic hydroxyl groups is 1. The molecule has 1 saturated heterocycles. The molecule has 3 aliphatic rings. The number of rotatable bonds is 5. The number of hydrogen-bond donors (Lipinski definition) is 2. The van der Waals surface area contributed by atoms with Crippen molar-refractivity contribution in [1.82, 2.24) is 23.9 Å². The summed E-state index contributed by atoms with van der Waals surface area (Å²) in [5, 5.41) is 10.5. The molecule has 17 heteroatoms. The first-order valence-corrected chi connectivity index (χ1v) is 16.8. The topological polar surface area (TPSA) is 131 Å². The maximum atomic E-state index is 15.3. The highest BCUT2D eigenvalue weighted by molar-refractivity contribution is 6.33. The number of hydrazine groups is 1. The van der Waals surface area contributed by atoms with Gasteiger partial charge in [0.15, 0.2) is 17.4 Å². The van der Waals surface area contributed by atoms with Crippen LogP contribution in [0, 0.1) is 11.7 Å². The molecule has 5 aromatic rings. The van der Waals surface area contributed by atoms with Crippen LogP contribution in [0.4, 0.5) is 23.4 Å². The van der Waals surface area contributed by atoms with Crippen molar-refractivity contribution < 1.29 is 32.3 Å². The molecule has 0 radical (unpaired) electrons. The number of phenols is 1. The maximum Gasteiger partial charge on any atom is 0.417 e. The fraction of sp³-hybridized carbons (Fsp3) is 0.194. The van der Waals surface area contributed by atoms with Crippen molar-refractivity contribution in [3.8, 4) is 11.4 Å². The van der Waals surface area contributed by atoms with E-state index in [1.165, 1.54) is 39.7 Å². The molecule has 2 fully saturated rings. The van der Waals surface area contributed by atoms with Gasteiger partial charge in [-0.15, -0.1) is 0 Å². The van der Waals surface area contributed by atoms with E-state index in [0.29, 0.717) is 33.6 Å². The lowest BCUT2D eigenvalue weighted by atomic mass is 9.53. The molecule has 8 rings (SSSR count). The number of nitrogens with zero attached hydrogens (tertiary/aromatic N) is 5. The van der Waals surface area contributed by atoms with Gasteiger partial charge in [0, 0.05) is 17.1 Å². The molecule has 4 atom stereocenters. The van der Waals surface area contributed by atoms with Gasteiger partial charge in [0.05, 0.1) is 40.2 Å². The van der Waals surface area contributed by atoms with Crippen LogP contribution in [0.1, 0.15) is 35.1 Å². The fourth-order valence-corrected chi connectivity index (χ4v) is 8.25. The predicted octanol–water partition coefficient (Wildman–Crippen LogP) is 5.98. The molecule has 2 aliphatic heterocycles. The summed E-state index contributed by atoms with van der Waals surface area (Å²) in [5.41, 5.74) is -0.787. The smallest absolute Gasteiger partial charge is 0.417 e. The number of anilines is 1. The number of imide groups is 1. The Morgan fingerprint density at radius 2 is 1.64 bits per heavy atom. The second-order valence-electron chi connectivity index (χ2n) is 12.8. The average Bonchev–Trinajstić information content (AvgIpc) is 3.51. The second-order valence-corrected chi connectivity index (χ2v) is 13.7. The van der Waals surface area contributed by atoms with Gasteiger partial charge in [-0.25, -0.2) is 32.9 Å². The van der Waals surface area contributed by atoms with E-state index in [9.17, 15) is 32.7 Å². The van der Waals surface area contributed by atoms with E-state index in [4.69, 9.17) is 23.2 Å². The number of alkyl halides is 3. The summed E-state index contributed by atoms with van der Waals surface area (Å²) in [5.74, 6) is -6.43. The van der Waals surface area contributed by atoms with Gasteiger partial charge in [-0.2, -0.15) is 18.2 Å². The standard InChI is InChI=1S/C36H24Cl2F4N6O5/c37-21-9-7-19(8-10-21)35-24(31(50)47(32(35)51)44-30-25(38)15-20(17-43-30)36(40,41)42)16-27-23(29(35)18-6-11-28(49)26(39)14-18)12-13-45-33(52)46(34(53)48(27)45)22-4-2-1-3-5-22/h1-12,14-15,17,24,27,29,49H,13,16H2,(H,43,44). The minimum absolute atomic E-state index is 0.132. The number of amides is 2. The lowest BCUT2D eigenvalue weighted by Crippen LogP contribution is -2.53. The quantitative estimate of drug-likeness (QED) is 0.128. The molecule has 3 aromatic carbocycles. The average molecular weight is 768 g/mol. The number of hydrogen-bond acceptors (Lipinski definition) is 7. The van der Waals surface area contributed by atoms with Crippen molar-refractivity contribution in [1.29, 1.82) is 0 Å². The summed E-state index contributed by atoms with van der Waals surface area (Å²) in [6.45, 7) is -0.132. The predicted molar refractivity (Wildman–Crippen MR) is 183 cm³/mol. The molecular weight excluding hydrogens is 743 g/mol.